The van der Waals surface area contributed by atoms with Crippen molar-refractivity contribution in [2.75, 3.05) is 6.54 Å². The Kier molecular flexibility index (Phi) is 2.97. The first-order valence-corrected chi connectivity index (χ1v) is 5.16. The molecule has 1 aliphatic rings. The molecule has 0 aromatic heterocycles. The van der Waals surface area contributed by atoms with E-state index in [1.807, 2.05) is 0 Å². The summed E-state index contributed by atoms with van der Waals surface area (Å²) in [5.74, 6) is -0.562. The number of amides is 2. The molecule has 6 heteroatoms. The maximum atomic E-state index is 11.2. The Balaban J connectivity index is 2.25. The van der Waals surface area contributed by atoms with E-state index in [4.69, 9.17) is 10.3 Å². The predicted molar refractivity (Wildman–Crippen MR) is 57.8 cm³/mol. The maximum Gasteiger partial charge on any atom is 0.407 e. The van der Waals surface area contributed by atoms with E-state index in [1.165, 1.54) is 4.90 Å². The van der Waals surface area contributed by atoms with Gasteiger partial charge in [-0.15, -0.1) is 0 Å². The highest BCUT2D eigenvalue weighted by atomic mass is 16.5. The molecule has 0 atom stereocenters. The van der Waals surface area contributed by atoms with Gasteiger partial charge in [-0.25, -0.2) is 10.3 Å². The van der Waals surface area contributed by atoms with Gasteiger partial charge in [0, 0.05) is 18.7 Å². The van der Waals surface area contributed by atoms with Crippen LogP contribution in [0.5, 0.6) is 0 Å². The van der Waals surface area contributed by atoms with Gasteiger partial charge in [0.15, 0.2) is 0 Å². The van der Waals surface area contributed by atoms with E-state index in [9.17, 15) is 9.59 Å². The van der Waals surface area contributed by atoms with Crippen LogP contribution in [0, 0.1) is 0 Å². The van der Waals surface area contributed by atoms with Crippen LogP contribution in [0.1, 0.15) is 21.5 Å². The molecular formula is C11H12N2O4. The van der Waals surface area contributed by atoms with Gasteiger partial charge in [0.2, 0.25) is 0 Å². The summed E-state index contributed by atoms with van der Waals surface area (Å²) in [7, 11) is 0. The third-order valence-corrected chi connectivity index (χ3v) is 2.85. The Bertz CT molecular complexity index is 473. The number of nitrogens with one attached hydrogen (secondary N) is 1. The molecule has 0 unspecified atom stereocenters. The highest BCUT2D eigenvalue weighted by molar-refractivity contribution is 5.93. The molecule has 0 bridgehead atoms. The third kappa shape index (κ3) is 2.21. The SMILES string of the molecule is O=C(NO)c1ccc2c(c1)CCN(C(=O)O)C2. The Morgan fingerprint density at radius 2 is 2.06 bits per heavy atom. The van der Waals surface area contributed by atoms with Gasteiger partial charge in [-0.1, -0.05) is 6.07 Å². The van der Waals surface area contributed by atoms with Crippen molar-refractivity contribution in [2.45, 2.75) is 13.0 Å². The summed E-state index contributed by atoms with van der Waals surface area (Å²) in [5.41, 5.74) is 3.79. The number of rotatable bonds is 1. The van der Waals surface area contributed by atoms with Crippen molar-refractivity contribution in [3.63, 3.8) is 0 Å². The molecule has 1 aromatic carbocycles. The van der Waals surface area contributed by atoms with Crippen LogP contribution in [0.3, 0.4) is 0 Å². The van der Waals surface area contributed by atoms with E-state index < -0.39 is 12.0 Å². The first-order chi connectivity index (χ1) is 8.11. The molecule has 1 aromatic rings. The van der Waals surface area contributed by atoms with Crippen molar-refractivity contribution in [1.29, 1.82) is 0 Å². The Morgan fingerprint density at radius 3 is 2.71 bits per heavy atom. The van der Waals surface area contributed by atoms with Gasteiger partial charge in [-0.05, 0) is 29.7 Å². The second-order valence-corrected chi connectivity index (χ2v) is 3.88. The van der Waals surface area contributed by atoms with Gasteiger partial charge in [0.25, 0.3) is 5.91 Å². The molecule has 0 saturated heterocycles. The number of fused-ring (bicyclic) bond motifs is 1. The lowest BCUT2D eigenvalue weighted by Crippen LogP contribution is -2.34. The second kappa shape index (κ2) is 4.42. The number of nitrogens with zero attached hydrogens (tertiary/aromatic N) is 1. The zero-order valence-corrected chi connectivity index (χ0v) is 9.01. The smallest absolute Gasteiger partial charge is 0.407 e. The summed E-state index contributed by atoms with van der Waals surface area (Å²) in [4.78, 5) is 23.3. The highest BCUT2D eigenvalue weighted by Crippen LogP contribution is 2.20. The molecule has 0 saturated carbocycles. The Labute approximate surface area is 97.4 Å². The van der Waals surface area contributed by atoms with Crippen molar-refractivity contribution in [3.8, 4) is 0 Å². The summed E-state index contributed by atoms with van der Waals surface area (Å²) >= 11 is 0. The minimum absolute atomic E-state index is 0.339. The minimum atomic E-state index is -0.937. The zero-order valence-electron chi connectivity index (χ0n) is 9.01. The topological polar surface area (TPSA) is 89.9 Å². The normalized spacial score (nSPS) is 14.1. The first kappa shape index (κ1) is 11.4. The number of hydrogen-bond acceptors (Lipinski definition) is 3. The molecule has 17 heavy (non-hydrogen) atoms. The van der Waals surface area contributed by atoms with Crippen LogP contribution in [0.2, 0.25) is 0 Å². The molecule has 3 N–H and O–H groups in total. The number of hydroxylamine groups is 1. The number of carboxylic acid groups (broad SMARTS) is 1. The lowest BCUT2D eigenvalue weighted by Gasteiger charge is -2.26. The van der Waals surface area contributed by atoms with E-state index in [2.05, 4.69) is 0 Å². The highest BCUT2D eigenvalue weighted by Gasteiger charge is 2.20. The van der Waals surface area contributed by atoms with Crippen molar-refractivity contribution in [2.24, 2.45) is 0 Å². The monoisotopic (exact) mass is 236 g/mol. The fourth-order valence-electron chi connectivity index (χ4n) is 1.92. The molecule has 2 rings (SSSR count). The lowest BCUT2D eigenvalue weighted by atomic mass is 9.97. The predicted octanol–water partition coefficient (Wildman–Crippen LogP) is 0.842. The summed E-state index contributed by atoms with van der Waals surface area (Å²) in [6, 6.07) is 4.96. The number of carbonyl (C=O) groups is 2. The third-order valence-electron chi connectivity index (χ3n) is 2.85. The van der Waals surface area contributed by atoms with Gasteiger partial charge in [-0.2, -0.15) is 0 Å². The molecule has 2 amide bonds. The van der Waals surface area contributed by atoms with E-state index in [0.29, 0.717) is 25.1 Å². The zero-order chi connectivity index (χ0) is 12.4. The van der Waals surface area contributed by atoms with E-state index in [-0.39, 0.29) is 0 Å². The number of carbonyl (C=O) groups excluding carboxylic acids is 1. The van der Waals surface area contributed by atoms with Crippen molar-refractivity contribution >= 4 is 12.0 Å². The lowest BCUT2D eigenvalue weighted by molar-refractivity contribution is 0.0706. The molecular weight excluding hydrogens is 224 g/mol. The molecule has 1 heterocycles. The van der Waals surface area contributed by atoms with Crippen LogP contribution in [0.15, 0.2) is 18.2 Å². The van der Waals surface area contributed by atoms with Crippen LogP contribution in [0.4, 0.5) is 4.79 Å². The van der Waals surface area contributed by atoms with E-state index in [1.54, 1.807) is 23.7 Å². The molecule has 90 valence electrons. The summed E-state index contributed by atoms with van der Waals surface area (Å²) in [6.07, 6.45) is -0.360. The number of benzene rings is 1. The van der Waals surface area contributed by atoms with Gasteiger partial charge >= 0.3 is 6.09 Å². The molecule has 1 aliphatic heterocycles. The fraction of sp³-hybridized carbons (Fsp3) is 0.273. The Morgan fingerprint density at radius 1 is 1.29 bits per heavy atom. The van der Waals surface area contributed by atoms with Crippen molar-refractivity contribution in [1.82, 2.24) is 10.4 Å². The quantitative estimate of drug-likeness (QED) is 0.498. The van der Waals surface area contributed by atoms with Crippen LogP contribution in [0.25, 0.3) is 0 Å². The van der Waals surface area contributed by atoms with Crippen molar-refractivity contribution in [3.05, 3.63) is 34.9 Å². The number of hydrogen-bond donors (Lipinski definition) is 3. The van der Waals surface area contributed by atoms with Gasteiger partial charge in [0.05, 0.1) is 0 Å². The standard InChI is InChI=1S/C11H12N2O4/c14-10(12-17)8-1-2-9-6-13(11(15)16)4-3-7(9)5-8/h1-2,5,17H,3-4,6H2,(H,12,14)(H,15,16). The fourth-order valence-corrected chi connectivity index (χ4v) is 1.92. The van der Waals surface area contributed by atoms with Crippen LogP contribution >= 0.6 is 0 Å². The molecule has 0 aliphatic carbocycles. The molecule has 0 radical (unpaired) electrons. The second-order valence-electron chi connectivity index (χ2n) is 3.88. The molecule has 0 spiro atoms. The van der Waals surface area contributed by atoms with Crippen LogP contribution < -0.4 is 5.48 Å². The average molecular weight is 236 g/mol. The van der Waals surface area contributed by atoms with Crippen LogP contribution in [-0.4, -0.2) is 33.8 Å². The summed E-state index contributed by atoms with van der Waals surface area (Å²) < 4.78 is 0. The van der Waals surface area contributed by atoms with Gasteiger partial charge < -0.3 is 10.0 Å². The molecule has 6 nitrogen and oxygen atoms in total. The average Bonchev–Trinajstić information content (AvgIpc) is 2.36. The van der Waals surface area contributed by atoms with E-state index >= 15 is 0 Å². The van der Waals surface area contributed by atoms with Crippen molar-refractivity contribution < 1.29 is 19.9 Å². The largest absolute Gasteiger partial charge is 0.465 e. The Hall–Kier alpha value is -2.08. The maximum absolute atomic E-state index is 11.2. The molecule has 0 fully saturated rings. The van der Waals surface area contributed by atoms with E-state index in [0.717, 1.165) is 11.1 Å². The van der Waals surface area contributed by atoms with Crippen LogP contribution in [-0.2, 0) is 13.0 Å². The van der Waals surface area contributed by atoms with Gasteiger partial charge in [0.1, 0.15) is 0 Å². The summed E-state index contributed by atoms with van der Waals surface area (Å²) in [5, 5.41) is 17.4. The minimum Gasteiger partial charge on any atom is -0.465 e. The summed E-state index contributed by atoms with van der Waals surface area (Å²) in [6.45, 7) is 0.762. The first-order valence-electron chi connectivity index (χ1n) is 5.16. The van der Waals surface area contributed by atoms with Gasteiger partial charge in [-0.3, -0.25) is 10.0 Å².